The van der Waals surface area contributed by atoms with Gasteiger partial charge in [0.1, 0.15) is 16.2 Å². The Kier molecular flexibility index (Phi) is 5.89. The van der Waals surface area contributed by atoms with E-state index in [0.717, 1.165) is 41.6 Å². The molecule has 4 aliphatic rings. The summed E-state index contributed by atoms with van der Waals surface area (Å²) in [5, 5.41) is 3.80. The molecule has 2 heterocycles. The van der Waals surface area contributed by atoms with Crippen LogP contribution in [0.1, 0.15) is 65.1 Å². The fourth-order valence-corrected chi connectivity index (χ4v) is 7.89. The van der Waals surface area contributed by atoms with Crippen LogP contribution in [-0.2, 0) is 18.4 Å². The van der Waals surface area contributed by atoms with Crippen LogP contribution in [0.15, 0.2) is 14.6 Å². The number of fused-ring (bicyclic) bond motifs is 1. The number of hydrogen-bond acceptors (Lipinski definition) is 6. The van der Waals surface area contributed by atoms with Crippen molar-refractivity contribution in [2.75, 3.05) is 0 Å². The number of aryl methyl sites for hydroxylation is 1. The molecule has 4 fully saturated rings. The molecule has 0 spiro atoms. The Balaban J connectivity index is 1.45. The minimum atomic E-state index is -0.420. The van der Waals surface area contributed by atoms with Gasteiger partial charge in [0.05, 0.1) is 5.25 Å². The molecule has 1 atom stereocenters. The molecule has 0 saturated heterocycles. The minimum Gasteiger partial charge on any atom is -0.350 e. The Bertz CT molecular complexity index is 1230. The van der Waals surface area contributed by atoms with Gasteiger partial charge in [-0.1, -0.05) is 25.6 Å². The first-order valence-corrected chi connectivity index (χ1v) is 13.4. The summed E-state index contributed by atoms with van der Waals surface area (Å²) in [6.45, 7) is 8.11. The van der Waals surface area contributed by atoms with E-state index in [2.05, 4.69) is 15.3 Å². The van der Waals surface area contributed by atoms with Gasteiger partial charge in [0.2, 0.25) is 5.91 Å². The molecule has 0 aliphatic heterocycles. The summed E-state index contributed by atoms with van der Waals surface area (Å²) in [4.78, 5) is 48.3. The molecule has 2 aromatic heterocycles. The van der Waals surface area contributed by atoms with E-state index >= 15 is 0 Å². The average molecular weight is 486 g/mol. The molecule has 1 N–H and O–H groups in total. The Morgan fingerprint density at radius 1 is 1.09 bits per heavy atom. The molecule has 34 heavy (non-hydrogen) atoms. The van der Waals surface area contributed by atoms with E-state index in [1.807, 2.05) is 20.8 Å². The first kappa shape index (κ1) is 23.6. The summed E-state index contributed by atoms with van der Waals surface area (Å²) in [7, 11) is 1.48. The summed E-state index contributed by atoms with van der Waals surface area (Å²) in [6.07, 6.45) is 7.27. The predicted octanol–water partition coefficient (Wildman–Crippen LogP) is 3.02. The number of carbonyl (C=O) groups is 1. The highest BCUT2D eigenvalue weighted by atomic mass is 32.2. The van der Waals surface area contributed by atoms with Gasteiger partial charge in [-0.05, 0) is 76.0 Å². The topological polar surface area (TPSA) is 98.9 Å². The highest BCUT2D eigenvalue weighted by molar-refractivity contribution is 8.00. The Hall–Kier alpha value is -2.16. The number of hydrogen-bond donors (Lipinski definition) is 1. The SMILES string of the molecule is Cc1nc(SC(C)C(=O)NC23CC4CC(CC(C4)C2)C3)c2c(=O)n(C)c(=O)n(CC(C)C)c2n1. The van der Waals surface area contributed by atoms with Gasteiger partial charge in [-0.2, -0.15) is 0 Å². The van der Waals surface area contributed by atoms with Gasteiger partial charge >= 0.3 is 5.69 Å². The smallest absolute Gasteiger partial charge is 0.332 e. The van der Waals surface area contributed by atoms with Crippen LogP contribution in [0.3, 0.4) is 0 Å². The first-order chi connectivity index (χ1) is 16.0. The van der Waals surface area contributed by atoms with E-state index in [1.54, 1.807) is 11.5 Å². The van der Waals surface area contributed by atoms with E-state index in [1.165, 1.54) is 38.1 Å². The number of carbonyl (C=O) groups excluding carboxylic acids is 1. The average Bonchev–Trinajstić information content (AvgIpc) is 2.73. The molecule has 1 amide bonds. The van der Waals surface area contributed by atoms with Gasteiger partial charge < -0.3 is 5.32 Å². The first-order valence-electron chi connectivity index (χ1n) is 12.5. The fourth-order valence-electron chi connectivity index (χ4n) is 6.90. The lowest BCUT2D eigenvalue weighted by Gasteiger charge is -2.57. The Morgan fingerprint density at radius 3 is 2.24 bits per heavy atom. The second-order valence-corrected chi connectivity index (χ2v) is 12.7. The fraction of sp³-hybridized carbons (Fsp3) is 0.720. The van der Waals surface area contributed by atoms with Crippen molar-refractivity contribution < 1.29 is 4.79 Å². The summed E-state index contributed by atoms with van der Waals surface area (Å²) in [6, 6.07) is 0. The second-order valence-electron chi connectivity index (χ2n) is 11.4. The Morgan fingerprint density at radius 2 is 1.68 bits per heavy atom. The van der Waals surface area contributed by atoms with E-state index in [4.69, 9.17) is 0 Å². The summed E-state index contributed by atoms with van der Waals surface area (Å²) in [5.41, 5.74) is -0.507. The zero-order valence-electron chi connectivity index (χ0n) is 20.8. The van der Waals surface area contributed by atoms with Gasteiger partial charge in [-0.3, -0.25) is 18.7 Å². The van der Waals surface area contributed by atoms with Crippen molar-refractivity contribution in [3.05, 3.63) is 26.7 Å². The van der Waals surface area contributed by atoms with Crippen LogP contribution in [0.5, 0.6) is 0 Å². The van der Waals surface area contributed by atoms with Gasteiger partial charge in [-0.15, -0.1) is 0 Å². The number of nitrogens with one attached hydrogen (secondary N) is 1. The summed E-state index contributed by atoms with van der Waals surface area (Å²) < 4.78 is 2.67. The van der Waals surface area contributed by atoms with Crippen molar-refractivity contribution >= 4 is 28.7 Å². The lowest BCUT2D eigenvalue weighted by atomic mass is 9.53. The van der Waals surface area contributed by atoms with Crippen molar-refractivity contribution in [3.63, 3.8) is 0 Å². The highest BCUT2D eigenvalue weighted by Gasteiger charge is 2.51. The molecule has 2 aromatic rings. The molecule has 4 bridgehead atoms. The van der Waals surface area contributed by atoms with Crippen molar-refractivity contribution in [1.82, 2.24) is 24.4 Å². The normalized spacial score (nSPS) is 28.6. The molecule has 0 aromatic carbocycles. The third kappa shape index (κ3) is 4.10. The predicted molar refractivity (Wildman–Crippen MR) is 133 cm³/mol. The van der Waals surface area contributed by atoms with Crippen molar-refractivity contribution in [2.24, 2.45) is 30.7 Å². The van der Waals surface area contributed by atoms with E-state index < -0.39 is 10.8 Å². The van der Waals surface area contributed by atoms with Crippen LogP contribution in [0.25, 0.3) is 11.0 Å². The van der Waals surface area contributed by atoms with Crippen molar-refractivity contribution in [3.8, 4) is 0 Å². The highest BCUT2D eigenvalue weighted by Crippen LogP contribution is 2.55. The summed E-state index contributed by atoms with van der Waals surface area (Å²) in [5.74, 6) is 2.95. The van der Waals surface area contributed by atoms with Crippen LogP contribution in [0.2, 0.25) is 0 Å². The maximum atomic E-state index is 13.4. The quantitative estimate of drug-likeness (QED) is 0.499. The molecule has 9 heteroatoms. The zero-order chi connectivity index (χ0) is 24.4. The number of amides is 1. The third-order valence-corrected chi connectivity index (χ3v) is 8.98. The van der Waals surface area contributed by atoms with Gasteiger partial charge in [-0.25, -0.2) is 14.8 Å². The standard InChI is InChI=1S/C25H35N5O3S/c1-13(2)12-30-20-19(23(32)29(5)24(30)33)22(27-15(4)26-20)34-14(3)21(31)28-25-9-16-6-17(10-25)8-18(7-16)11-25/h13-14,16-18H,6-12H2,1-5H3,(H,28,31). The molecule has 4 aliphatic carbocycles. The maximum absolute atomic E-state index is 13.4. The monoisotopic (exact) mass is 485 g/mol. The lowest BCUT2D eigenvalue weighted by Crippen LogP contribution is -2.60. The molecule has 0 radical (unpaired) electrons. The van der Waals surface area contributed by atoms with Crippen molar-refractivity contribution in [1.29, 1.82) is 0 Å². The van der Waals surface area contributed by atoms with Crippen LogP contribution < -0.4 is 16.6 Å². The lowest BCUT2D eigenvalue weighted by molar-refractivity contribution is -0.126. The van der Waals surface area contributed by atoms with Gasteiger partial charge in [0.15, 0.2) is 5.65 Å². The van der Waals surface area contributed by atoms with Crippen LogP contribution >= 0.6 is 11.8 Å². The second kappa shape index (κ2) is 8.50. The number of aromatic nitrogens is 4. The van der Waals surface area contributed by atoms with E-state index in [0.29, 0.717) is 28.4 Å². The van der Waals surface area contributed by atoms with Crippen LogP contribution in [-0.4, -0.2) is 35.8 Å². The molecule has 8 nitrogen and oxygen atoms in total. The molecule has 4 saturated carbocycles. The van der Waals surface area contributed by atoms with Gasteiger partial charge in [0, 0.05) is 19.1 Å². The zero-order valence-corrected chi connectivity index (χ0v) is 21.6. The van der Waals surface area contributed by atoms with Crippen LogP contribution in [0.4, 0.5) is 0 Å². The van der Waals surface area contributed by atoms with Gasteiger partial charge in [0.25, 0.3) is 5.56 Å². The third-order valence-electron chi connectivity index (χ3n) is 7.89. The van der Waals surface area contributed by atoms with E-state index in [-0.39, 0.29) is 23.1 Å². The molecule has 184 valence electrons. The Labute approximate surface area is 203 Å². The number of rotatable bonds is 6. The summed E-state index contributed by atoms with van der Waals surface area (Å²) >= 11 is 1.29. The largest absolute Gasteiger partial charge is 0.350 e. The number of thioether (sulfide) groups is 1. The minimum absolute atomic E-state index is 0.00342. The van der Waals surface area contributed by atoms with E-state index in [9.17, 15) is 14.4 Å². The molecular weight excluding hydrogens is 450 g/mol. The molecule has 1 unspecified atom stereocenters. The maximum Gasteiger partial charge on any atom is 0.332 e. The van der Waals surface area contributed by atoms with Crippen molar-refractivity contribution in [2.45, 2.75) is 88.6 Å². The molecular formula is C25H35N5O3S. The van der Waals surface area contributed by atoms with Crippen LogP contribution in [0, 0.1) is 30.6 Å². The number of nitrogens with zero attached hydrogens (tertiary/aromatic N) is 4. The molecule has 6 rings (SSSR count).